The fourth-order valence-electron chi connectivity index (χ4n) is 3.42. The topological polar surface area (TPSA) is 77.1 Å². The Hall–Kier alpha value is -3.32. The molecule has 170 valence electrons. The molecule has 2 amide bonds. The largest absolute Gasteiger partial charge is 0.497 e. The number of nitrogens with zero attached hydrogens (tertiary/aromatic N) is 1. The lowest BCUT2D eigenvalue weighted by molar-refractivity contribution is -0.137. The molecule has 0 radical (unpaired) electrons. The highest BCUT2D eigenvalue weighted by molar-refractivity contribution is 6.36. The number of rotatable bonds is 11. The Kier molecular flexibility index (Phi) is 7.89. The van der Waals surface area contributed by atoms with Gasteiger partial charge in [-0.2, -0.15) is 0 Å². The van der Waals surface area contributed by atoms with Gasteiger partial charge < -0.3 is 19.5 Å². The predicted octanol–water partition coefficient (Wildman–Crippen LogP) is 4.10. The Morgan fingerprint density at radius 3 is 2.19 bits per heavy atom. The summed E-state index contributed by atoms with van der Waals surface area (Å²) >= 11 is 0. The van der Waals surface area contributed by atoms with Crippen LogP contribution in [0.4, 0.5) is 5.69 Å². The summed E-state index contributed by atoms with van der Waals surface area (Å²) in [4.78, 5) is 27.7. The van der Waals surface area contributed by atoms with E-state index >= 15 is 0 Å². The normalized spacial score (nSPS) is 13.8. The number of carbonyl (C=O) groups is 2. The van der Waals surface area contributed by atoms with Gasteiger partial charge in [0.1, 0.15) is 17.2 Å². The van der Waals surface area contributed by atoms with Gasteiger partial charge in [0.2, 0.25) is 0 Å². The van der Waals surface area contributed by atoms with E-state index in [2.05, 4.69) is 5.32 Å². The summed E-state index contributed by atoms with van der Waals surface area (Å²) < 4.78 is 16.3. The van der Waals surface area contributed by atoms with Crippen LogP contribution in [0, 0.1) is 0 Å². The minimum Gasteiger partial charge on any atom is -0.497 e. The molecule has 0 atom stereocenters. The van der Waals surface area contributed by atoms with Crippen LogP contribution in [0.3, 0.4) is 0 Å². The fraction of sp³-hybridized carbons (Fsp3) is 0.360. The first-order valence-corrected chi connectivity index (χ1v) is 10.8. The Morgan fingerprint density at radius 1 is 0.938 bits per heavy atom. The van der Waals surface area contributed by atoms with E-state index in [1.165, 1.54) is 4.90 Å². The Morgan fingerprint density at radius 2 is 1.59 bits per heavy atom. The van der Waals surface area contributed by atoms with Crippen LogP contribution >= 0.6 is 0 Å². The highest BCUT2D eigenvalue weighted by Crippen LogP contribution is 2.32. The summed E-state index contributed by atoms with van der Waals surface area (Å²) in [7, 11) is 1.58. The third-order valence-electron chi connectivity index (χ3n) is 4.92. The van der Waals surface area contributed by atoms with Gasteiger partial charge in [-0.25, -0.2) is 0 Å². The van der Waals surface area contributed by atoms with Gasteiger partial charge in [-0.05, 0) is 69.2 Å². The summed E-state index contributed by atoms with van der Waals surface area (Å²) in [6.07, 6.45) is 0.646. The van der Waals surface area contributed by atoms with Crippen molar-refractivity contribution in [3.05, 3.63) is 59.8 Å². The number of imide groups is 1. The second-order valence-electron chi connectivity index (χ2n) is 7.61. The summed E-state index contributed by atoms with van der Waals surface area (Å²) in [5, 5.41) is 3.16. The molecule has 0 bridgehead atoms. The van der Waals surface area contributed by atoms with Crippen molar-refractivity contribution in [2.24, 2.45) is 0 Å². The number of benzene rings is 2. The minimum absolute atomic E-state index is 0.0671. The Balaban J connectivity index is 1.89. The van der Waals surface area contributed by atoms with E-state index in [4.69, 9.17) is 14.2 Å². The van der Waals surface area contributed by atoms with E-state index in [-0.39, 0.29) is 23.6 Å². The van der Waals surface area contributed by atoms with Gasteiger partial charge in [-0.1, -0.05) is 12.1 Å². The molecule has 1 aliphatic rings. The average Bonchev–Trinajstić information content (AvgIpc) is 3.01. The summed E-state index contributed by atoms with van der Waals surface area (Å²) in [5.74, 6) is 0.745. The van der Waals surface area contributed by atoms with Crippen molar-refractivity contribution in [3.8, 4) is 11.5 Å². The van der Waals surface area contributed by atoms with Crippen LogP contribution in [0.25, 0.3) is 5.57 Å². The molecule has 1 heterocycles. The molecule has 3 rings (SSSR count). The molecule has 0 unspecified atom stereocenters. The highest BCUT2D eigenvalue weighted by Gasteiger charge is 2.38. The first-order valence-electron chi connectivity index (χ1n) is 10.8. The van der Waals surface area contributed by atoms with Crippen LogP contribution in [-0.2, 0) is 14.3 Å². The molecule has 1 N–H and O–H groups in total. The van der Waals surface area contributed by atoms with Crippen LogP contribution < -0.4 is 14.8 Å². The predicted molar refractivity (Wildman–Crippen MR) is 124 cm³/mol. The Bertz CT molecular complexity index is 965. The van der Waals surface area contributed by atoms with Gasteiger partial charge in [0.05, 0.1) is 18.8 Å². The third kappa shape index (κ3) is 5.48. The van der Waals surface area contributed by atoms with E-state index < -0.39 is 0 Å². The lowest BCUT2D eigenvalue weighted by Gasteiger charge is -2.15. The number of anilines is 1. The molecule has 0 saturated heterocycles. The van der Waals surface area contributed by atoms with E-state index in [1.54, 1.807) is 31.4 Å². The molecule has 2 aromatic carbocycles. The van der Waals surface area contributed by atoms with E-state index in [0.29, 0.717) is 48.8 Å². The fourth-order valence-corrected chi connectivity index (χ4v) is 3.42. The number of ether oxygens (including phenoxy) is 3. The zero-order valence-electron chi connectivity index (χ0n) is 19.0. The maximum absolute atomic E-state index is 13.2. The smallest absolute Gasteiger partial charge is 0.278 e. The lowest BCUT2D eigenvalue weighted by atomic mass is 10.0. The van der Waals surface area contributed by atoms with Crippen LogP contribution in [0.2, 0.25) is 0 Å². The Labute approximate surface area is 189 Å². The molecular weight excluding hydrogens is 408 g/mol. The first kappa shape index (κ1) is 23.3. The van der Waals surface area contributed by atoms with Gasteiger partial charge in [0.15, 0.2) is 0 Å². The maximum atomic E-state index is 13.2. The van der Waals surface area contributed by atoms with Crippen molar-refractivity contribution < 1.29 is 23.8 Å². The summed E-state index contributed by atoms with van der Waals surface area (Å²) in [5.41, 5.74) is 1.95. The zero-order valence-corrected chi connectivity index (χ0v) is 19.0. The van der Waals surface area contributed by atoms with Crippen molar-refractivity contribution in [2.45, 2.75) is 33.3 Å². The first-order chi connectivity index (χ1) is 15.4. The molecule has 2 aromatic rings. The van der Waals surface area contributed by atoms with E-state index in [1.807, 2.05) is 45.0 Å². The average molecular weight is 439 g/mol. The zero-order chi connectivity index (χ0) is 23.1. The SMILES string of the molecule is CCOCCCN1C(=O)C(Nc2ccc(OC(C)C)cc2)=C(c2ccc(OC)cc2)C1=O. The maximum Gasteiger partial charge on any atom is 0.278 e. The lowest BCUT2D eigenvalue weighted by Crippen LogP contribution is -2.34. The molecular formula is C25H30N2O5. The second kappa shape index (κ2) is 10.8. The molecule has 0 aromatic heterocycles. The second-order valence-corrected chi connectivity index (χ2v) is 7.61. The molecule has 32 heavy (non-hydrogen) atoms. The minimum atomic E-state index is -0.347. The summed E-state index contributed by atoms with van der Waals surface area (Å²) in [6.45, 7) is 7.22. The molecule has 1 aliphatic heterocycles. The van der Waals surface area contributed by atoms with Crippen molar-refractivity contribution in [1.29, 1.82) is 0 Å². The molecule has 7 nitrogen and oxygen atoms in total. The number of amides is 2. The van der Waals surface area contributed by atoms with E-state index in [9.17, 15) is 9.59 Å². The highest BCUT2D eigenvalue weighted by atomic mass is 16.5. The molecule has 0 fully saturated rings. The number of carbonyl (C=O) groups excluding carboxylic acids is 2. The van der Waals surface area contributed by atoms with Crippen LogP contribution in [0.15, 0.2) is 54.2 Å². The van der Waals surface area contributed by atoms with Crippen LogP contribution in [0.5, 0.6) is 11.5 Å². The van der Waals surface area contributed by atoms with Gasteiger partial charge in [-0.3, -0.25) is 14.5 Å². The van der Waals surface area contributed by atoms with Gasteiger partial charge >= 0.3 is 0 Å². The molecule has 7 heteroatoms. The molecule has 0 aliphatic carbocycles. The quantitative estimate of drug-likeness (QED) is 0.420. The summed E-state index contributed by atoms with van der Waals surface area (Å²) in [6, 6.07) is 14.4. The van der Waals surface area contributed by atoms with Crippen molar-refractivity contribution in [3.63, 3.8) is 0 Å². The number of methoxy groups -OCH3 is 1. The monoisotopic (exact) mass is 438 g/mol. The molecule has 0 spiro atoms. The number of nitrogens with one attached hydrogen (secondary N) is 1. The standard InChI is InChI=1S/C25H30N2O5/c1-5-31-16-6-15-27-24(28)22(18-7-11-20(30-4)12-8-18)23(25(27)29)26-19-9-13-21(14-10-19)32-17(2)3/h7-14,17,26H,5-6,15-16H2,1-4H3. The van der Waals surface area contributed by atoms with Crippen LogP contribution in [0.1, 0.15) is 32.8 Å². The number of hydrogen-bond acceptors (Lipinski definition) is 6. The molecule has 0 saturated carbocycles. The van der Waals surface area contributed by atoms with Gasteiger partial charge in [0, 0.05) is 25.4 Å². The third-order valence-corrected chi connectivity index (χ3v) is 4.92. The van der Waals surface area contributed by atoms with Crippen molar-refractivity contribution >= 4 is 23.1 Å². The van der Waals surface area contributed by atoms with Crippen LogP contribution in [-0.4, -0.2) is 49.7 Å². The van der Waals surface area contributed by atoms with Crippen molar-refractivity contribution in [1.82, 2.24) is 4.90 Å². The number of hydrogen-bond donors (Lipinski definition) is 1. The van der Waals surface area contributed by atoms with Crippen molar-refractivity contribution in [2.75, 3.05) is 32.2 Å². The van der Waals surface area contributed by atoms with Gasteiger partial charge in [-0.15, -0.1) is 0 Å². The van der Waals surface area contributed by atoms with E-state index in [0.717, 1.165) is 5.75 Å². The van der Waals surface area contributed by atoms with Gasteiger partial charge in [0.25, 0.3) is 11.8 Å².